The predicted molar refractivity (Wildman–Crippen MR) is 117 cm³/mol. The molecular formula is C23H21FN6O2. The van der Waals surface area contributed by atoms with Gasteiger partial charge < -0.3 is 15.2 Å². The Balaban J connectivity index is 1.74. The number of imidazole rings is 1. The van der Waals surface area contributed by atoms with Gasteiger partial charge in [0.15, 0.2) is 11.3 Å². The molecule has 0 aliphatic heterocycles. The molecule has 0 spiro atoms. The Morgan fingerprint density at radius 3 is 2.69 bits per heavy atom. The molecular weight excluding hydrogens is 411 g/mol. The van der Waals surface area contributed by atoms with Gasteiger partial charge in [0.05, 0.1) is 25.6 Å². The smallest absolute Gasteiger partial charge is 0.208 e. The summed E-state index contributed by atoms with van der Waals surface area (Å²) in [5.74, 6) is 0.718. The van der Waals surface area contributed by atoms with Gasteiger partial charge in [0.2, 0.25) is 5.95 Å². The molecule has 0 saturated carbocycles. The predicted octanol–water partition coefficient (Wildman–Crippen LogP) is 3.48. The van der Waals surface area contributed by atoms with Crippen molar-refractivity contribution in [1.29, 1.82) is 5.26 Å². The Hall–Kier alpha value is -4.03. The van der Waals surface area contributed by atoms with Crippen LogP contribution in [0.2, 0.25) is 0 Å². The van der Waals surface area contributed by atoms with E-state index in [0.29, 0.717) is 40.6 Å². The molecule has 0 fully saturated rings. The fourth-order valence-electron chi connectivity index (χ4n) is 3.62. The fourth-order valence-corrected chi connectivity index (χ4v) is 3.62. The van der Waals surface area contributed by atoms with Gasteiger partial charge in [-0.3, -0.25) is 9.38 Å². The third-order valence-electron chi connectivity index (χ3n) is 5.23. The summed E-state index contributed by atoms with van der Waals surface area (Å²) < 4.78 is 21.6. The van der Waals surface area contributed by atoms with Crippen LogP contribution in [-0.4, -0.2) is 31.6 Å². The largest absolute Gasteiger partial charge is 0.496 e. The Kier molecular flexibility index (Phi) is 5.96. The van der Waals surface area contributed by atoms with Crippen molar-refractivity contribution in [3.05, 3.63) is 71.2 Å². The number of aromatic nitrogens is 4. The number of hydrogen-bond donors (Lipinski definition) is 2. The number of hydrogen-bond acceptors (Lipinski definition) is 7. The van der Waals surface area contributed by atoms with Crippen LogP contribution in [-0.2, 0) is 19.6 Å². The van der Waals surface area contributed by atoms with E-state index in [1.807, 2.05) is 19.1 Å². The standard InChI is InChI=1S/C23H21FN6O2/c1-3-17-19(20(24)6-7-21(17)32-2)11-28-23-27-10-18(14-4-5-15(13-31)26-9-14)22-29-16(8-25)12-30(22)23/h4-7,9-10,12,31H,3,11,13H2,1-2H3,(H,27,28). The fraction of sp³-hybridized carbons (Fsp3) is 0.217. The molecule has 0 atom stereocenters. The SMILES string of the molecule is CCc1c(OC)ccc(F)c1CNc1ncc(-c2ccc(CO)nc2)c2nc(C#N)cn12. The van der Waals surface area contributed by atoms with Crippen molar-refractivity contribution >= 4 is 11.6 Å². The topological polar surface area (TPSA) is 108 Å². The van der Waals surface area contributed by atoms with Gasteiger partial charge in [0, 0.05) is 41.2 Å². The first-order valence-electron chi connectivity index (χ1n) is 10.0. The van der Waals surface area contributed by atoms with Crippen molar-refractivity contribution in [2.45, 2.75) is 26.5 Å². The monoisotopic (exact) mass is 432 g/mol. The van der Waals surface area contributed by atoms with Crippen LogP contribution >= 0.6 is 0 Å². The summed E-state index contributed by atoms with van der Waals surface area (Å²) in [7, 11) is 1.56. The summed E-state index contributed by atoms with van der Waals surface area (Å²) in [6.07, 6.45) is 5.44. The number of benzene rings is 1. The highest BCUT2D eigenvalue weighted by Crippen LogP contribution is 2.28. The highest BCUT2D eigenvalue weighted by Gasteiger charge is 2.16. The van der Waals surface area contributed by atoms with E-state index in [0.717, 1.165) is 11.1 Å². The van der Waals surface area contributed by atoms with Crippen LogP contribution < -0.4 is 10.1 Å². The molecule has 1 aromatic carbocycles. The Bertz CT molecular complexity index is 1310. The number of nitrogens with one attached hydrogen (secondary N) is 1. The highest BCUT2D eigenvalue weighted by atomic mass is 19.1. The zero-order valence-corrected chi connectivity index (χ0v) is 17.6. The van der Waals surface area contributed by atoms with Crippen LogP contribution in [0.5, 0.6) is 5.75 Å². The summed E-state index contributed by atoms with van der Waals surface area (Å²) >= 11 is 0. The Labute approximate surface area is 184 Å². The number of aliphatic hydroxyl groups excluding tert-OH is 1. The zero-order chi connectivity index (χ0) is 22.7. The van der Waals surface area contributed by atoms with E-state index >= 15 is 0 Å². The van der Waals surface area contributed by atoms with Gasteiger partial charge in [-0.25, -0.2) is 14.4 Å². The van der Waals surface area contributed by atoms with Crippen molar-refractivity contribution in [3.8, 4) is 22.9 Å². The summed E-state index contributed by atoms with van der Waals surface area (Å²) in [5.41, 5.74) is 3.98. The molecule has 0 saturated heterocycles. The van der Waals surface area contributed by atoms with Crippen LogP contribution in [0.3, 0.4) is 0 Å². The molecule has 0 aliphatic rings. The second kappa shape index (κ2) is 8.99. The second-order valence-corrected chi connectivity index (χ2v) is 7.04. The molecule has 32 heavy (non-hydrogen) atoms. The van der Waals surface area contributed by atoms with E-state index in [4.69, 9.17) is 4.74 Å². The summed E-state index contributed by atoms with van der Waals surface area (Å²) in [6, 6.07) is 8.57. The van der Waals surface area contributed by atoms with Gasteiger partial charge in [-0.1, -0.05) is 13.0 Å². The van der Waals surface area contributed by atoms with Gasteiger partial charge in [-0.2, -0.15) is 5.26 Å². The van der Waals surface area contributed by atoms with Crippen LogP contribution in [0.4, 0.5) is 10.3 Å². The Morgan fingerprint density at radius 2 is 2.03 bits per heavy atom. The minimum atomic E-state index is -0.332. The lowest BCUT2D eigenvalue weighted by Gasteiger charge is -2.15. The maximum absolute atomic E-state index is 14.6. The quantitative estimate of drug-likeness (QED) is 0.460. The minimum absolute atomic E-state index is 0.153. The molecule has 0 bridgehead atoms. The van der Waals surface area contributed by atoms with Gasteiger partial charge in [-0.15, -0.1) is 0 Å². The number of rotatable bonds is 7. The van der Waals surface area contributed by atoms with Crippen LogP contribution in [0.15, 0.2) is 42.9 Å². The second-order valence-electron chi connectivity index (χ2n) is 7.04. The molecule has 0 radical (unpaired) electrons. The number of aliphatic hydroxyl groups is 1. The van der Waals surface area contributed by atoms with E-state index in [-0.39, 0.29) is 24.7 Å². The molecule has 0 aliphatic carbocycles. The highest BCUT2D eigenvalue weighted by molar-refractivity contribution is 5.78. The first-order valence-corrected chi connectivity index (χ1v) is 10.0. The summed E-state index contributed by atoms with van der Waals surface area (Å²) in [5, 5.41) is 21.7. The molecule has 0 amide bonds. The minimum Gasteiger partial charge on any atom is -0.496 e. The van der Waals surface area contributed by atoms with Crippen molar-refractivity contribution < 1.29 is 14.2 Å². The number of nitrogens with zero attached hydrogens (tertiary/aromatic N) is 5. The molecule has 8 nitrogen and oxygen atoms in total. The van der Waals surface area contributed by atoms with E-state index < -0.39 is 0 Å². The third kappa shape index (κ3) is 3.84. The van der Waals surface area contributed by atoms with Crippen LogP contribution in [0, 0.1) is 17.1 Å². The Morgan fingerprint density at radius 1 is 1.19 bits per heavy atom. The van der Waals surface area contributed by atoms with E-state index in [1.165, 1.54) is 6.07 Å². The molecule has 0 unspecified atom stereocenters. The van der Waals surface area contributed by atoms with Crippen LogP contribution in [0.1, 0.15) is 29.4 Å². The number of halogens is 1. The summed E-state index contributed by atoms with van der Waals surface area (Å²) in [6.45, 7) is 1.97. The molecule has 3 heterocycles. The van der Waals surface area contributed by atoms with E-state index in [9.17, 15) is 14.8 Å². The van der Waals surface area contributed by atoms with Crippen molar-refractivity contribution in [1.82, 2.24) is 19.4 Å². The number of anilines is 1. The lowest BCUT2D eigenvalue weighted by atomic mass is 10.0. The van der Waals surface area contributed by atoms with Gasteiger partial charge in [0.1, 0.15) is 17.6 Å². The zero-order valence-electron chi connectivity index (χ0n) is 17.6. The maximum atomic E-state index is 14.6. The first-order chi connectivity index (χ1) is 15.6. The van der Waals surface area contributed by atoms with Gasteiger partial charge in [-0.05, 0) is 24.6 Å². The molecule has 9 heteroatoms. The first kappa shape index (κ1) is 21.2. The maximum Gasteiger partial charge on any atom is 0.208 e. The number of methoxy groups -OCH3 is 1. The molecule has 2 N–H and O–H groups in total. The number of nitriles is 1. The van der Waals surface area contributed by atoms with Crippen molar-refractivity contribution in [2.75, 3.05) is 12.4 Å². The van der Waals surface area contributed by atoms with Crippen LogP contribution in [0.25, 0.3) is 16.8 Å². The van der Waals surface area contributed by atoms with E-state index in [2.05, 4.69) is 20.3 Å². The summed E-state index contributed by atoms with van der Waals surface area (Å²) in [4.78, 5) is 13.1. The van der Waals surface area contributed by atoms with Crippen molar-refractivity contribution in [3.63, 3.8) is 0 Å². The van der Waals surface area contributed by atoms with Crippen molar-refractivity contribution in [2.24, 2.45) is 0 Å². The number of ether oxygens (including phenoxy) is 1. The lowest BCUT2D eigenvalue weighted by Crippen LogP contribution is -2.10. The normalized spacial score (nSPS) is 10.8. The van der Waals surface area contributed by atoms with E-state index in [1.54, 1.807) is 42.2 Å². The van der Waals surface area contributed by atoms with Gasteiger partial charge in [0.25, 0.3) is 0 Å². The molecule has 4 aromatic rings. The third-order valence-corrected chi connectivity index (χ3v) is 5.23. The number of pyridine rings is 1. The average molecular weight is 432 g/mol. The molecule has 4 rings (SSSR count). The van der Waals surface area contributed by atoms with Gasteiger partial charge >= 0.3 is 0 Å². The number of fused-ring (bicyclic) bond motifs is 1. The average Bonchev–Trinajstić information content (AvgIpc) is 3.28. The lowest BCUT2D eigenvalue weighted by molar-refractivity contribution is 0.277. The molecule has 162 valence electrons. The molecule has 3 aromatic heterocycles.